The van der Waals surface area contributed by atoms with Crippen LogP contribution in [0, 0.1) is 6.92 Å². The van der Waals surface area contributed by atoms with Gasteiger partial charge in [-0.3, -0.25) is 4.40 Å². The number of nitrogens with zero attached hydrogens (tertiary/aromatic N) is 4. The quantitative estimate of drug-likeness (QED) is 0.498. The maximum atomic E-state index is 14.1. The Balaban J connectivity index is 1.44. The highest BCUT2D eigenvalue weighted by atomic mass is 19.1. The SMILES string of the molecule is Cc1ncc(-c2ccn3c(-c4cccc(N[C@H]5CNCC[C@@H]5F)n4)cnc3c2)[nH]1. The Morgan fingerprint density at radius 1 is 1.21 bits per heavy atom. The first-order valence-electron chi connectivity index (χ1n) is 9.75. The number of alkyl halides is 1. The van der Waals surface area contributed by atoms with E-state index in [1.807, 2.05) is 60.2 Å². The summed E-state index contributed by atoms with van der Waals surface area (Å²) in [7, 11) is 0. The van der Waals surface area contributed by atoms with Crippen molar-refractivity contribution < 1.29 is 4.39 Å². The molecule has 0 saturated carbocycles. The lowest BCUT2D eigenvalue weighted by molar-refractivity contribution is 0.241. The second kappa shape index (κ2) is 7.29. The molecule has 1 aliphatic heterocycles. The second-order valence-electron chi connectivity index (χ2n) is 7.34. The predicted molar refractivity (Wildman–Crippen MR) is 111 cm³/mol. The van der Waals surface area contributed by atoms with Crippen LogP contribution in [0.1, 0.15) is 12.2 Å². The van der Waals surface area contributed by atoms with E-state index in [0.717, 1.165) is 34.1 Å². The number of imidazole rings is 2. The molecule has 4 aromatic heterocycles. The molecule has 2 atom stereocenters. The number of halogens is 1. The smallest absolute Gasteiger partial charge is 0.137 e. The highest BCUT2D eigenvalue weighted by Crippen LogP contribution is 2.25. The summed E-state index contributed by atoms with van der Waals surface area (Å²) in [6.07, 6.45) is 5.25. The summed E-state index contributed by atoms with van der Waals surface area (Å²) in [4.78, 5) is 16.7. The molecule has 5 heterocycles. The van der Waals surface area contributed by atoms with Gasteiger partial charge in [0.25, 0.3) is 0 Å². The highest BCUT2D eigenvalue weighted by molar-refractivity contribution is 5.68. The van der Waals surface area contributed by atoms with Gasteiger partial charge in [0.05, 0.1) is 35.5 Å². The van der Waals surface area contributed by atoms with Crippen molar-refractivity contribution in [1.29, 1.82) is 0 Å². The minimum Gasteiger partial charge on any atom is -0.363 e. The van der Waals surface area contributed by atoms with Gasteiger partial charge in [-0.25, -0.2) is 19.3 Å². The normalized spacial score (nSPS) is 19.5. The number of H-pyrrole nitrogens is 1. The molecular formula is C21H22FN7. The summed E-state index contributed by atoms with van der Waals surface area (Å²) in [5.74, 6) is 1.54. The molecule has 4 aromatic rings. The van der Waals surface area contributed by atoms with Crippen LogP contribution in [0.3, 0.4) is 0 Å². The van der Waals surface area contributed by atoms with E-state index < -0.39 is 6.17 Å². The number of fused-ring (bicyclic) bond motifs is 1. The summed E-state index contributed by atoms with van der Waals surface area (Å²) < 4.78 is 16.1. The van der Waals surface area contributed by atoms with Gasteiger partial charge in [0, 0.05) is 18.3 Å². The molecule has 29 heavy (non-hydrogen) atoms. The van der Waals surface area contributed by atoms with E-state index in [-0.39, 0.29) is 6.04 Å². The van der Waals surface area contributed by atoms with E-state index in [1.165, 1.54) is 0 Å². The average molecular weight is 391 g/mol. The Bertz CT molecular complexity index is 1150. The van der Waals surface area contributed by atoms with Gasteiger partial charge in [0.1, 0.15) is 23.5 Å². The fraction of sp³-hybridized carbons (Fsp3) is 0.286. The van der Waals surface area contributed by atoms with E-state index in [2.05, 4.69) is 25.6 Å². The summed E-state index contributed by atoms with van der Waals surface area (Å²) in [6, 6.07) is 9.50. The molecular weight excluding hydrogens is 369 g/mol. The average Bonchev–Trinajstić information content (AvgIpc) is 3.36. The fourth-order valence-electron chi connectivity index (χ4n) is 3.72. The first-order chi connectivity index (χ1) is 14.2. The van der Waals surface area contributed by atoms with Crippen molar-refractivity contribution in [2.24, 2.45) is 0 Å². The monoisotopic (exact) mass is 391 g/mol. The van der Waals surface area contributed by atoms with E-state index in [9.17, 15) is 4.39 Å². The van der Waals surface area contributed by atoms with E-state index in [1.54, 1.807) is 0 Å². The van der Waals surface area contributed by atoms with Crippen LogP contribution in [0.2, 0.25) is 0 Å². The maximum Gasteiger partial charge on any atom is 0.137 e. The van der Waals surface area contributed by atoms with Crippen molar-refractivity contribution in [3.8, 4) is 22.6 Å². The van der Waals surface area contributed by atoms with Crippen LogP contribution in [-0.2, 0) is 0 Å². The van der Waals surface area contributed by atoms with E-state index in [4.69, 9.17) is 4.98 Å². The highest BCUT2D eigenvalue weighted by Gasteiger charge is 2.24. The van der Waals surface area contributed by atoms with Crippen molar-refractivity contribution in [3.05, 3.63) is 54.7 Å². The third-order valence-electron chi connectivity index (χ3n) is 5.27. The number of anilines is 1. The van der Waals surface area contributed by atoms with Gasteiger partial charge < -0.3 is 15.6 Å². The van der Waals surface area contributed by atoms with Crippen LogP contribution in [0.25, 0.3) is 28.3 Å². The van der Waals surface area contributed by atoms with Crippen LogP contribution >= 0.6 is 0 Å². The van der Waals surface area contributed by atoms with Crippen LogP contribution in [0.5, 0.6) is 0 Å². The number of aromatic nitrogens is 5. The van der Waals surface area contributed by atoms with E-state index in [0.29, 0.717) is 25.3 Å². The Kier molecular flexibility index (Phi) is 4.48. The molecule has 3 N–H and O–H groups in total. The molecule has 0 aromatic carbocycles. The number of piperidine rings is 1. The predicted octanol–water partition coefficient (Wildman–Crippen LogP) is 3.21. The summed E-state index contributed by atoms with van der Waals surface area (Å²) in [5.41, 5.74) is 4.48. The van der Waals surface area contributed by atoms with Gasteiger partial charge in [-0.15, -0.1) is 0 Å². The molecule has 148 valence electrons. The van der Waals surface area contributed by atoms with Crippen molar-refractivity contribution in [3.63, 3.8) is 0 Å². The lowest BCUT2D eigenvalue weighted by Gasteiger charge is -2.28. The van der Waals surface area contributed by atoms with Crippen molar-refractivity contribution in [2.45, 2.75) is 25.6 Å². The summed E-state index contributed by atoms with van der Waals surface area (Å²) in [6.45, 7) is 3.24. The summed E-state index contributed by atoms with van der Waals surface area (Å²) in [5, 5.41) is 6.45. The van der Waals surface area contributed by atoms with Gasteiger partial charge in [0.15, 0.2) is 0 Å². The number of hydrogen-bond donors (Lipinski definition) is 3. The Morgan fingerprint density at radius 2 is 2.14 bits per heavy atom. The Labute approximate surface area is 167 Å². The number of hydrogen-bond acceptors (Lipinski definition) is 5. The van der Waals surface area contributed by atoms with Crippen molar-refractivity contribution in [1.82, 2.24) is 29.7 Å². The molecule has 0 radical (unpaired) electrons. The number of pyridine rings is 2. The zero-order chi connectivity index (χ0) is 19.8. The first kappa shape index (κ1) is 17.8. The minimum atomic E-state index is -0.873. The molecule has 1 fully saturated rings. The summed E-state index contributed by atoms with van der Waals surface area (Å²) >= 11 is 0. The number of aromatic amines is 1. The largest absolute Gasteiger partial charge is 0.363 e. The molecule has 0 spiro atoms. The molecule has 0 bridgehead atoms. The van der Waals surface area contributed by atoms with Gasteiger partial charge in [-0.05, 0) is 44.2 Å². The molecule has 7 nitrogen and oxygen atoms in total. The molecule has 1 saturated heterocycles. The number of nitrogens with one attached hydrogen (secondary N) is 3. The second-order valence-corrected chi connectivity index (χ2v) is 7.34. The van der Waals surface area contributed by atoms with Crippen molar-refractivity contribution >= 4 is 11.5 Å². The first-order valence-corrected chi connectivity index (χ1v) is 9.75. The number of aryl methyl sites for hydroxylation is 1. The zero-order valence-electron chi connectivity index (χ0n) is 16.1. The molecule has 5 rings (SSSR count). The molecule has 0 aliphatic carbocycles. The van der Waals surface area contributed by atoms with Crippen LogP contribution in [0.4, 0.5) is 10.2 Å². The maximum absolute atomic E-state index is 14.1. The standard InChI is InChI=1S/C21H22FN7/c1-13-24-11-17(26-13)14-6-8-29-19(12-25-21(29)9-14)16-3-2-4-20(27-16)28-18-10-23-7-5-15(18)22/h2-4,6,8-9,11-12,15,18,23H,5,7,10H2,1H3,(H,24,26)(H,27,28)/t15-,18-/m0/s1. The molecule has 0 unspecified atom stereocenters. The topological polar surface area (TPSA) is 82.9 Å². The minimum absolute atomic E-state index is 0.269. The third-order valence-corrected chi connectivity index (χ3v) is 5.27. The lowest BCUT2D eigenvalue weighted by Crippen LogP contribution is -2.46. The van der Waals surface area contributed by atoms with Gasteiger partial charge in [-0.1, -0.05) is 6.07 Å². The van der Waals surface area contributed by atoms with Crippen LogP contribution in [-0.4, -0.2) is 49.6 Å². The molecule has 1 aliphatic rings. The zero-order valence-corrected chi connectivity index (χ0v) is 16.1. The van der Waals surface area contributed by atoms with Gasteiger partial charge in [0.2, 0.25) is 0 Å². The van der Waals surface area contributed by atoms with E-state index >= 15 is 0 Å². The Hall–Kier alpha value is -3.26. The van der Waals surface area contributed by atoms with Gasteiger partial charge >= 0.3 is 0 Å². The number of rotatable bonds is 4. The van der Waals surface area contributed by atoms with Gasteiger partial charge in [-0.2, -0.15) is 0 Å². The molecule has 0 amide bonds. The lowest BCUT2D eigenvalue weighted by atomic mass is 10.1. The fourth-order valence-corrected chi connectivity index (χ4v) is 3.72. The Morgan fingerprint density at radius 3 is 2.97 bits per heavy atom. The van der Waals surface area contributed by atoms with Crippen molar-refractivity contribution in [2.75, 3.05) is 18.4 Å². The third kappa shape index (κ3) is 3.47. The van der Waals surface area contributed by atoms with Crippen LogP contribution < -0.4 is 10.6 Å². The molecule has 8 heteroatoms. The van der Waals surface area contributed by atoms with Crippen LogP contribution in [0.15, 0.2) is 48.9 Å².